The molecule has 1 unspecified atom stereocenters. The minimum Gasteiger partial charge on any atom is -0.273 e. The molecule has 0 heterocycles. The quantitative estimate of drug-likeness (QED) is 0.458. The fourth-order valence-corrected chi connectivity index (χ4v) is 1.88. The van der Waals surface area contributed by atoms with Crippen LogP contribution >= 0.6 is 24.0 Å². The summed E-state index contributed by atoms with van der Waals surface area (Å²) in [7, 11) is -4.12. The summed E-state index contributed by atoms with van der Waals surface area (Å²) in [5, 5.41) is 0. The number of alkyl halides is 1. The summed E-state index contributed by atoms with van der Waals surface area (Å²) in [4.78, 5) is 0. The first-order chi connectivity index (χ1) is 4.89. The zero-order valence-electron chi connectivity index (χ0n) is 6.90. The maximum Gasteiger partial charge on any atom is 0.337 e. The Morgan fingerprint density at radius 1 is 1.58 bits per heavy atom. The van der Waals surface area contributed by atoms with Crippen LogP contribution in [-0.2, 0) is 10.3 Å². The van der Waals surface area contributed by atoms with E-state index in [1.165, 1.54) is 6.92 Å². The first-order valence-electron chi connectivity index (χ1n) is 3.28. The summed E-state index contributed by atoms with van der Waals surface area (Å²) in [5.74, 6) is 0. The van der Waals surface area contributed by atoms with Crippen LogP contribution in [0.5, 0.6) is 0 Å². The molecule has 0 aromatic rings. The van der Waals surface area contributed by atoms with Gasteiger partial charge in [-0.15, -0.1) is 24.0 Å². The van der Waals surface area contributed by atoms with Crippen LogP contribution in [0.25, 0.3) is 0 Å². The predicted molar refractivity (Wildman–Crippen MR) is 51.1 cm³/mol. The van der Waals surface area contributed by atoms with E-state index < -0.39 is 15.8 Å². The molecule has 0 aromatic carbocycles. The summed E-state index contributed by atoms with van der Waals surface area (Å²) in [6.45, 7) is 3.53. The number of hydrogen-bond acceptors (Lipinski definition) is 2. The van der Waals surface area contributed by atoms with E-state index in [-0.39, 0.29) is 19.0 Å². The standard InChI is InChI=1S/C5H12ClNO3S.ClH/c1-3-4-7(5(2)6)11(8,9)10;/h5H,3-4H2,1-2H3,(H,8,9,10);1H. The average Bonchev–Trinajstić information content (AvgIpc) is 1.79. The van der Waals surface area contributed by atoms with Crippen molar-refractivity contribution in [3.63, 3.8) is 0 Å². The fourth-order valence-electron chi connectivity index (χ4n) is 0.697. The second-order valence-electron chi connectivity index (χ2n) is 2.16. The van der Waals surface area contributed by atoms with E-state index in [4.69, 9.17) is 16.2 Å². The smallest absolute Gasteiger partial charge is 0.273 e. The minimum atomic E-state index is -4.12. The van der Waals surface area contributed by atoms with E-state index >= 15 is 0 Å². The van der Waals surface area contributed by atoms with Crippen LogP contribution in [0.4, 0.5) is 0 Å². The molecule has 0 rings (SSSR count). The van der Waals surface area contributed by atoms with Gasteiger partial charge in [-0.2, -0.15) is 12.7 Å². The van der Waals surface area contributed by atoms with Gasteiger partial charge < -0.3 is 0 Å². The van der Waals surface area contributed by atoms with Crippen LogP contribution in [0, 0.1) is 0 Å². The zero-order chi connectivity index (χ0) is 9.07. The van der Waals surface area contributed by atoms with Crippen LogP contribution in [0.15, 0.2) is 0 Å². The van der Waals surface area contributed by atoms with Gasteiger partial charge in [-0.25, -0.2) is 0 Å². The van der Waals surface area contributed by atoms with Crippen molar-refractivity contribution in [2.24, 2.45) is 0 Å². The van der Waals surface area contributed by atoms with Crippen molar-refractivity contribution in [2.75, 3.05) is 6.54 Å². The highest BCUT2D eigenvalue weighted by molar-refractivity contribution is 7.83. The summed E-state index contributed by atoms with van der Waals surface area (Å²) < 4.78 is 30.5. The third-order valence-electron chi connectivity index (χ3n) is 1.14. The van der Waals surface area contributed by atoms with Crippen molar-refractivity contribution in [1.29, 1.82) is 0 Å². The molecule has 7 heteroatoms. The highest BCUT2D eigenvalue weighted by Gasteiger charge is 2.21. The van der Waals surface area contributed by atoms with E-state index in [1.807, 2.05) is 0 Å². The summed E-state index contributed by atoms with van der Waals surface area (Å²) >= 11 is 5.49. The van der Waals surface area contributed by atoms with Crippen molar-refractivity contribution < 1.29 is 13.0 Å². The molecule has 0 amide bonds. The van der Waals surface area contributed by atoms with Gasteiger partial charge in [-0.3, -0.25) is 4.55 Å². The zero-order valence-corrected chi connectivity index (χ0v) is 9.29. The monoisotopic (exact) mass is 237 g/mol. The Hall–Kier alpha value is 0.450. The molecule has 4 nitrogen and oxygen atoms in total. The normalized spacial score (nSPS) is 14.1. The lowest BCUT2D eigenvalue weighted by Gasteiger charge is -2.19. The Kier molecular flexibility index (Phi) is 7.46. The molecule has 0 radical (unpaired) electrons. The summed E-state index contributed by atoms with van der Waals surface area (Å²) in [6, 6.07) is 0. The van der Waals surface area contributed by atoms with Gasteiger partial charge in [0.1, 0.15) is 0 Å². The Bertz CT molecular complexity index is 205. The highest BCUT2D eigenvalue weighted by Crippen LogP contribution is 2.08. The lowest BCUT2D eigenvalue weighted by Crippen LogP contribution is -2.35. The Labute approximate surface area is 84.2 Å². The topological polar surface area (TPSA) is 57.6 Å². The lowest BCUT2D eigenvalue weighted by molar-refractivity contribution is 0.343. The molecular weight excluding hydrogens is 225 g/mol. The van der Waals surface area contributed by atoms with E-state index in [0.29, 0.717) is 6.42 Å². The fraction of sp³-hybridized carbons (Fsp3) is 1.00. The van der Waals surface area contributed by atoms with E-state index in [1.54, 1.807) is 6.92 Å². The summed E-state index contributed by atoms with van der Waals surface area (Å²) in [6.07, 6.45) is 0.622. The van der Waals surface area contributed by atoms with Crippen LogP contribution in [0.1, 0.15) is 20.3 Å². The van der Waals surface area contributed by atoms with Gasteiger partial charge in [-0.1, -0.05) is 6.92 Å². The van der Waals surface area contributed by atoms with Gasteiger partial charge in [-0.05, 0) is 13.3 Å². The molecule has 76 valence electrons. The molecule has 0 bridgehead atoms. The maximum absolute atomic E-state index is 10.6. The molecule has 0 fully saturated rings. The van der Waals surface area contributed by atoms with E-state index in [0.717, 1.165) is 4.31 Å². The Morgan fingerprint density at radius 3 is 2.08 bits per heavy atom. The van der Waals surface area contributed by atoms with Gasteiger partial charge in [0.05, 0.1) is 5.50 Å². The molecule has 0 saturated carbocycles. The van der Waals surface area contributed by atoms with Crippen LogP contribution in [-0.4, -0.2) is 29.3 Å². The maximum atomic E-state index is 10.6. The summed E-state index contributed by atoms with van der Waals surface area (Å²) in [5.41, 5.74) is -0.704. The van der Waals surface area contributed by atoms with Gasteiger partial charge in [0.2, 0.25) is 0 Å². The second-order valence-corrected chi connectivity index (χ2v) is 4.16. The van der Waals surface area contributed by atoms with Crippen LogP contribution < -0.4 is 0 Å². The highest BCUT2D eigenvalue weighted by atomic mass is 35.5. The molecule has 0 spiro atoms. The van der Waals surface area contributed by atoms with Crippen molar-refractivity contribution in [2.45, 2.75) is 25.8 Å². The number of hydrogen-bond donors (Lipinski definition) is 1. The van der Waals surface area contributed by atoms with Crippen molar-refractivity contribution in [1.82, 2.24) is 4.31 Å². The molecular formula is C5H13Cl2NO3S. The predicted octanol–water partition coefficient (Wildman–Crippen LogP) is 1.51. The molecule has 1 atom stereocenters. The molecule has 0 aliphatic carbocycles. The van der Waals surface area contributed by atoms with E-state index in [2.05, 4.69) is 0 Å². The number of halogens is 2. The largest absolute Gasteiger partial charge is 0.337 e. The first-order valence-corrected chi connectivity index (χ1v) is 5.11. The van der Waals surface area contributed by atoms with Crippen LogP contribution in [0.3, 0.4) is 0 Å². The van der Waals surface area contributed by atoms with Gasteiger partial charge >= 0.3 is 10.3 Å². The number of nitrogens with zero attached hydrogens (tertiary/aromatic N) is 1. The molecule has 0 saturated heterocycles. The molecule has 0 aliphatic heterocycles. The second kappa shape index (κ2) is 5.99. The first kappa shape index (κ1) is 14.9. The SMILES string of the molecule is CCCN(C(C)Cl)S(=O)(=O)O.Cl. The molecule has 0 aromatic heterocycles. The third-order valence-corrected chi connectivity index (χ3v) is 2.58. The molecule has 0 aliphatic rings. The third kappa shape index (κ3) is 5.16. The van der Waals surface area contributed by atoms with E-state index in [9.17, 15) is 8.42 Å². The molecule has 12 heavy (non-hydrogen) atoms. The Balaban J connectivity index is 0. The van der Waals surface area contributed by atoms with Crippen molar-refractivity contribution >= 4 is 34.3 Å². The minimum absolute atomic E-state index is 0. The van der Waals surface area contributed by atoms with Gasteiger partial charge in [0, 0.05) is 6.54 Å². The van der Waals surface area contributed by atoms with Gasteiger partial charge in [0.15, 0.2) is 0 Å². The number of rotatable bonds is 4. The van der Waals surface area contributed by atoms with Gasteiger partial charge in [0.25, 0.3) is 0 Å². The molecule has 1 N–H and O–H groups in total. The average molecular weight is 238 g/mol. The lowest BCUT2D eigenvalue weighted by atomic mass is 10.5. The van der Waals surface area contributed by atoms with Crippen molar-refractivity contribution in [3.05, 3.63) is 0 Å². The Morgan fingerprint density at radius 2 is 2.00 bits per heavy atom. The van der Waals surface area contributed by atoms with Crippen molar-refractivity contribution in [3.8, 4) is 0 Å². The van der Waals surface area contributed by atoms with Crippen LogP contribution in [0.2, 0.25) is 0 Å².